The first-order valence-electron chi connectivity index (χ1n) is 9.72. The van der Waals surface area contributed by atoms with Gasteiger partial charge in [-0.1, -0.05) is 38.1 Å². The topological polar surface area (TPSA) is 110 Å². The Morgan fingerprint density at radius 3 is 2.59 bits per heavy atom. The average Bonchev–Trinajstić information content (AvgIpc) is 2.65. The van der Waals surface area contributed by atoms with Crippen LogP contribution in [0.2, 0.25) is 0 Å². The minimum absolute atomic E-state index is 0.00278. The van der Waals surface area contributed by atoms with E-state index in [1.54, 1.807) is 7.11 Å². The number of rotatable bonds is 9. The van der Waals surface area contributed by atoms with Gasteiger partial charge in [-0.3, -0.25) is 19.1 Å². The van der Waals surface area contributed by atoms with Crippen LogP contribution in [0.15, 0.2) is 33.9 Å². The van der Waals surface area contributed by atoms with Crippen LogP contribution in [0.5, 0.6) is 0 Å². The molecule has 0 aliphatic carbocycles. The summed E-state index contributed by atoms with van der Waals surface area (Å²) in [4.78, 5) is 41.7. The molecule has 1 aromatic carbocycles. The van der Waals surface area contributed by atoms with Crippen molar-refractivity contribution < 1.29 is 9.53 Å². The second-order valence-corrected chi connectivity index (χ2v) is 7.49. The first-order chi connectivity index (χ1) is 13.8. The largest absolute Gasteiger partial charge is 0.385 e. The van der Waals surface area contributed by atoms with Crippen molar-refractivity contribution in [2.45, 2.75) is 40.2 Å². The highest BCUT2D eigenvalue weighted by atomic mass is 16.5. The number of anilines is 2. The van der Waals surface area contributed by atoms with E-state index in [2.05, 4.69) is 4.98 Å². The van der Waals surface area contributed by atoms with Gasteiger partial charge in [0, 0.05) is 26.8 Å². The van der Waals surface area contributed by atoms with Crippen LogP contribution in [0.4, 0.5) is 11.5 Å². The Labute approximate surface area is 170 Å². The number of methoxy groups -OCH3 is 1. The summed E-state index contributed by atoms with van der Waals surface area (Å²) < 4.78 is 6.40. The summed E-state index contributed by atoms with van der Waals surface area (Å²) in [5.41, 5.74) is 6.86. The highest BCUT2D eigenvalue weighted by Crippen LogP contribution is 2.20. The quantitative estimate of drug-likeness (QED) is 0.620. The van der Waals surface area contributed by atoms with E-state index < -0.39 is 11.2 Å². The number of nitrogens with one attached hydrogen (secondary N) is 1. The van der Waals surface area contributed by atoms with Crippen LogP contribution in [-0.4, -0.2) is 35.7 Å². The van der Waals surface area contributed by atoms with E-state index in [0.29, 0.717) is 19.6 Å². The lowest BCUT2D eigenvalue weighted by molar-refractivity contribution is -0.118. The van der Waals surface area contributed by atoms with Gasteiger partial charge in [-0.05, 0) is 30.4 Å². The smallest absolute Gasteiger partial charge is 0.330 e. The summed E-state index contributed by atoms with van der Waals surface area (Å²) in [6.45, 7) is 6.84. The third kappa shape index (κ3) is 5.57. The first kappa shape index (κ1) is 22.4. The number of carbonyl (C=O) groups is 1. The van der Waals surface area contributed by atoms with Crippen LogP contribution in [0.1, 0.15) is 31.4 Å². The molecule has 2 aromatic rings. The Morgan fingerprint density at radius 2 is 1.97 bits per heavy atom. The molecule has 0 saturated carbocycles. The summed E-state index contributed by atoms with van der Waals surface area (Å²) in [5.74, 6) is -0.122. The molecule has 1 heterocycles. The number of nitrogens with zero attached hydrogens (tertiary/aromatic N) is 2. The third-order valence-electron chi connectivity index (χ3n) is 4.67. The van der Waals surface area contributed by atoms with Gasteiger partial charge in [-0.15, -0.1) is 0 Å². The second kappa shape index (κ2) is 10.1. The van der Waals surface area contributed by atoms with E-state index in [1.165, 1.54) is 9.47 Å². The fraction of sp³-hybridized carbons (Fsp3) is 0.476. The standard InChI is InChI=1S/C21H30N4O4/c1-14(2)13-25-19(22)18(20(27)23-21(25)28)24(10-7-11-29-4)17(26)12-16-9-6-5-8-15(16)3/h5-6,8-9,14H,7,10-13,22H2,1-4H3,(H,23,27,28). The molecule has 158 valence electrons. The van der Waals surface area contributed by atoms with Crippen LogP contribution in [0.25, 0.3) is 0 Å². The average molecular weight is 402 g/mol. The number of hydrogen-bond acceptors (Lipinski definition) is 5. The summed E-state index contributed by atoms with van der Waals surface area (Å²) in [6.07, 6.45) is 0.653. The number of benzene rings is 1. The maximum atomic E-state index is 13.2. The van der Waals surface area contributed by atoms with Crippen LogP contribution in [0, 0.1) is 12.8 Å². The van der Waals surface area contributed by atoms with Crippen LogP contribution in [0.3, 0.4) is 0 Å². The number of hydrogen-bond donors (Lipinski definition) is 2. The van der Waals surface area contributed by atoms with E-state index in [1.807, 2.05) is 45.0 Å². The first-order valence-corrected chi connectivity index (χ1v) is 9.72. The molecule has 8 heteroatoms. The molecule has 0 unspecified atom stereocenters. The minimum Gasteiger partial charge on any atom is -0.385 e. The molecular formula is C21H30N4O4. The molecule has 1 amide bonds. The fourth-order valence-electron chi connectivity index (χ4n) is 3.18. The van der Waals surface area contributed by atoms with Crippen LogP contribution < -0.4 is 21.9 Å². The summed E-state index contributed by atoms with van der Waals surface area (Å²) in [5, 5.41) is 0. The molecule has 0 aliphatic heterocycles. The number of aromatic nitrogens is 2. The fourth-order valence-corrected chi connectivity index (χ4v) is 3.18. The molecule has 8 nitrogen and oxygen atoms in total. The number of nitrogen functional groups attached to an aromatic ring is 1. The highest BCUT2D eigenvalue weighted by Gasteiger charge is 2.24. The zero-order valence-corrected chi connectivity index (χ0v) is 17.5. The van der Waals surface area contributed by atoms with Crippen LogP contribution >= 0.6 is 0 Å². The van der Waals surface area contributed by atoms with Gasteiger partial charge in [0.15, 0.2) is 5.69 Å². The van der Waals surface area contributed by atoms with Crippen molar-refractivity contribution in [3.63, 3.8) is 0 Å². The normalized spacial score (nSPS) is 11.1. The number of aromatic amines is 1. The lowest BCUT2D eigenvalue weighted by atomic mass is 10.1. The van der Waals surface area contributed by atoms with E-state index in [4.69, 9.17) is 10.5 Å². The van der Waals surface area contributed by atoms with Gasteiger partial charge in [0.2, 0.25) is 5.91 Å². The maximum absolute atomic E-state index is 13.2. The van der Waals surface area contributed by atoms with Crippen molar-refractivity contribution in [2.24, 2.45) is 5.92 Å². The van der Waals surface area contributed by atoms with Crippen molar-refractivity contribution in [1.82, 2.24) is 9.55 Å². The lowest BCUT2D eigenvalue weighted by Gasteiger charge is -2.25. The number of amides is 1. The minimum atomic E-state index is -0.664. The Hall–Kier alpha value is -2.87. The molecular weight excluding hydrogens is 372 g/mol. The number of carbonyl (C=O) groups excluding carboxylic acids is 1. The highest BCUT2D eigenvalue weighted by molar-refractivity contribution is 5.96. The Balaban J connectivity index is 2.49. The maximum Gasteiger partial charge on any atom is 0.330 e. The molecule has 0 radical (unpaired) electrons. The SMILES string of the molecule is COCCCN(C(=O)Cc1ccccc1C)c1c(N)n(CC(C)C)c(=O)[nH]c1=O. The molecule has 0 spiro atoms. The monoisotopic (exact) mass is 402 g/mol. The lowest BCUT2D eigenvalue weighted by Crippen LogP contribution is -2.42. The molecule has 1 aromatic heterocycles. The predicted molar refractivity (Wildman–Crippen MR) is 114 cm³/mol. The number of nitrogens with two attached hydrogens (primary N) is 1. The molecule has 2 rings (SSSR count). The van der Waals surface area contributed by atoms with E-state index >= 15 is 0 Å². The van der Waals surface area contributed by atoms with E-state index in [9.17, 15) is 14.4 Å². The van der Waals surface area contributed by atoms with Crippen molar-refractivity contribution >= 4 is 17.4 Å². The number of aryl methyl sites for hydroxylation is 1. The van der Waals surface area contributed by atoms with Gasteiger partial charge in [0.1, 0.15) is 5.82 Å². The van der Waals surface area contributed by atoms with Crippen molar-refractivity contribution in [3.05, 3.63) is 56.2 Å². The van der Waals surface area contributed by atoms with Crippen molar-refractivity contribution in [3.8, 4) is 0 Å². The second-order valence-electron chi connectivity index (χ2n) is 7.49. The number of ether oxygens (including phenoxy) is 1. The molecule has 3 N–H and O–H groups in total. The van der Waals surface area contributed by atoms with Gasteiger partial charge >= 0.3 is 5.69 Å². The zero-order valence-electron chi connectivity index (χ0n) is 17.5. The third-order valence-corrected chi connectivity index (χ3v) is 4.67. The Morgan fingerprint density at radius 1 is 1.28 bits per heavy atom. The number of H-pyrrole nitrogens is 1. The van der Waals surface area contributed by atoms with Gasteiger partial charge in [0.05, 0.1) is 6.42 Å². The van der Waals surface area contributed by atoms with E-state index in [-0.39, 0.29) is 36.3 Å². The molecule has 0 aliphatic rings. The van der Waals surface area contributed by atoms with Gasteiger partial charge < -0.3 is 15.4 Å². The molecule has 0 atom stereocenters. The Bertz CT molecular complexity index is 962. The van der Waals surface area contributed by atoms with Gasteiger partial charge in [-0.2, -0.15) is 0 Å². The molecule has 0 saturated heterocycles. The molecule has 0 bridgehead atoms. The predicted octanol–water partition coefficient (Wildman–Crippen LogP) is 1.70. The summed E-state index contributed by atoms with van der Waals surface area (Å²) in [6, 6.07) is 7.59. The summed E-state index contributed by atoms with van der Waals surface area (Å²) >= 11 is 0. The summed E-state index contributed by atoms with van der Waals surface area (Å²) in [7, 11) is 1.57. The van der Waals surface area contributed by atoms with Gasteiger partial charge in [-0.25, -0.2) is 4.79 Å². The van der Waals surface area contributed by atoms with Crippen LogP contribution in [-0.2, 0) is 22.5 Å². The molecule has 29 heavy (non-hydrogen) atoms. The van der Waals surface area contributed by atoms with E-state index in [0.717, 1.165) is 11.1 Å². The van der Waals surface area contributed by atoms with Gasteiger partial charge in [0.25, 0.3) is 5.56 Å². The van der Waals surface area contributed by atoms with Crippen molar-refractivity contribution in [2.75, 3.05) is 30.9 Å². The van der Waals surface area contributed by atoms with Crippen molar-refractivity contribution in [1.29, 1.82) is 0 Å². The Kier molecular flexibility index (Phi) is 7.78. The zero-order chi connectivity index (χ0) is 21.6. The molecule has 0 fully saturated rings.